The number of benzene rings is 1. The number of hydrogen-bond acceptors (Lipinski definition) is 3. The van der Waals surface area contributed by atoms with E-state index in [0.717, 1.165) is 29.7 Å². The van der Waals surface area contributed by atoms with Gasteiger partial charge in [0.1, 0.15) is 5.82 Å². The van der Waals surface area contributed by atoms with Crippen LogP contribution in [0.4, 0.5) is 0 Å². The second-order valence-electron chi connectivity index (χ2n) is 4.56. The zero-order valence-corrected chi connectivity index (χ0v) is 11.0. The largest absolute Gasteiger partial charge is 0.394 e. The standard InChI is InChI=1S/C14H21N3O/c1-3-10(15)13(9-18)17-12-8-6-5-7-11(12)16-14(17)4-2/h5-8,10,13,18H,3-4,9,15H2,1-2H3. The fourth-order valence-electron chi connectivity index (χ4n) is 2.39. The molecular formula is C14H21N3O. The molecule has 0 aliphatic heterocycles. The normalized spacial score (nSPS) is 14.9. The van der Waals surface area contributed by atoms with Gasteiger partial charge < -0.3 is 15.4 Å². The van der Waals surface area contributed by atoms with Gasteiger partial charge in [-0.05, 0) is 18.6 Å². The van der Waals surface area contributed by atoms with Crippen molar-refractivity contribution < 1.29 is 5.11 Å². The first-order valence-electron chi connectivity index (χ1n) is 6.55. The molecule has 1 aromatic heterocycles. The third-order valence-corrected chi connectivity index (χ3v) is 3.47. The van der Waals surface area contributed by atoms with E-state index in [4.69, 9.17) is 5.73 Å². The Morgan fingerprint density at radius 3 is 2.67 bits per heavy atom. The van der Waals surface area contributed by atoms with Gasteiger partial charge in [-0.15, -0.1) is 0 Å². The number of hydrogen-bond donors (Lipinski definition) is 2. The molecule has 98 valence electrons. The van der Waals surface area contributed by atoms with Crippen molar-refractivity contribution in [3.63, 3.8) is 0 Å². The Morgan fingerprint density at radius 1 is 1.33 bits per heavy atom. The van der Waals surface area contributed by atoms with Crippen LogP contribution in [0.3, 0.4) is 0 Å². The molecule has 0 saturated carbocycles. The first-order valence-corrected chi connectivity index (χ1v) is 6.55. The van der Waals surface area contributed by atoms with Crippen molar-refractivity contribution >= 4 is 11.0 Å². The molecule has 4 heteroatoms. The number of aliphatic hydroxyl groups excluding tert-OH is 1. The van der Waals surface area contributed by atoms with Crippen LogP contribution in [0, 0.1) is 0 Å². The zero-order valence-electron chi connectivity index (χ0n) is 11.0. The van der Waals surface area contributed by atoms with Crippen molar-refractivity contribution in [2.24, 2.45) is 5.73 Å². The number of nitrogens with two attached hydrogens (primary N) is 1. The highest BCUT2D eigenvalue weighted by atomic mass is 16.3. The van der Waals surface area contributed by atoms with Crippen LogP contribution >= 0.6 is 0 Å². The van der Waals surface area contributed by atoms with Crippen LogP contribution in [0.2, 0.25) is 0 Å². The third kappa shape index (κ3) is 2.13. The summed E-state index contributed by atoms with van der Waals surface area (Å²) in [6, 6.07) is 7.84. The van der Waals surface area contributed by atoms with Gasteiger partial charge in [0.15, 0.2) is 0 Å². The molecule has 0 radical (unpaired) electrons. The monoisotopic (exact) mass is 247 g/mol. The van der Waals surface area contributed by atoms with E-state index in [0.29, 0.717) is 0 Å². The summed E-state index contributed by atoms with van der Waals surface area (Å²) in [5.41, 5.74) is 8.15. The minimum absolute atomic E-state index is 0.0440. The molecule has 0 aliphatic rings. The van der Waals surface area contributed by atoms with Crippen LogP contribution in [0.1, 0.15) is 32.1 Å². The van der Waals surface area contributed by atoms with Crippen LogP contribution in [0.15, 0.2) is 24.3 Å². The average Bonchev–Trinajstić information content (AvgIpc) is 2.78. The predicted octanol–water partition coefficient (Wildman–Crippen LogP) is 1.87. The molecule has 2 rings (SSSR count). The highest BCUT2D eigenvalue weighted by molar-refractivity contribution is 5.76. The van der Waals surface area contributed by atoms with E-state index >= 15 is 0 Å². The summed E-state index contributed by atoms with van der Waals surface area (Å²) in [7, 11) is 0. The summed E-state index contributed by atoms with van der Waals surface area (Å²) in [5.74, 6) is 0.985. The molecule has 0 fully saturated rings. The number of fused-ring (bicyclic) bond motifs is 1. The van der Waals surface area contributed by atoms with Crippen LogP contribution in [0.5, 0.6) is 0 Å². The minimum Gasteiger partial charge on any atom is -0.394 e. The van der Waals surface area contributed by atoms with Crippen molar-refractivity contribution in [1.82, 2.24) is 9.55 Å². The summed E-state index contributed by atoms with van der Waals surface area (Å²) in [4.78, 5) is 4.61. The molecule has 1 heterocycles. The second-order valence-corrected chi connectivity index (χ2v) is 4.56. The van der Waals surface area contributed by atoms with Crippen molar-refractivity contribution in [2.45, 2.75) is 38.8 Å². The topological polar surface area (TPSA) is 64.1 Å². The molecule has 1 aromatic carbocycles. The average molecular weight is 247 g/mol. The van der Waals surface area contributed by atoms with Gasteiger partial charge in [0.05, 0.1) is 23.7 Å². The number of imidazole rings is 1. The van der Waals surface area contributed by atoms with Gasteiger partial charge in [-0.2, -0.15) is 0 Å². The molecule has 2 aromatic rings. The molecule has 4 nitrogen and oxygen atoms in total. The van der Waals surface area contributed by atoms with Gasteiger partial charge in [-0.25, -0.2) is 4.98 Å². The SMILES string of the molecule is CCc1nc2ccccc2n1C(CO)C(N)CC. The molecular weight excluding hydrogens is 226 g/mol. The Balaban J connectivity index is 2.59. The number of aliphatic hydroxyl groups is 1. The molecule has 0 saturated heterocycles. The number of para-hydroxylation sites is 2. The number of rotatable bonds is 5. The molecule has 0 amide bonds. The van der Waals surface area contributed by atoms with Crippen LogP contribution in [0.25, 0.3) is 11.0 Å². The van der Waals surface area contributed by atoms with Gasteiger partial charge in [0, 0.05) is 12.5 Å². The van der Waals surface area contributed by atoms with E-state index in [-0.39, 0.29) is 18.7 Å². The van der Waals surface area contributed by atoms with Gasteiger partial charge in [-0.3, -0.25) is 0 Å². The van der Waals surface area contributed by atoms with E-state index in [1.807, 2.05) is 31.2 Å². The lowest BCUT2D eigenvalue weighted by atomic mass is 10.1. The molecule has 0 aliphatic carbocycles. The highest BCUT2D eigenvalue weighted by Gasteiger charge is 2.22. The molecule has 0 spiro atoms. The first-order chi connectivity index (χ1) is 8.72. The Kier molecular flexibility index (Phi) is 3.99. The lowest BCUT2D eigenvalue weighted by Gasteiger charge is -2.24. The van der Waals surface area contributed by atoms with Crippen LogP contribution < -0.4 is 5.73 Å². The lowest BCUT2D eigenvalue weighted by molar-refractivity contribution is 0.205. The molecule has 2 atom stereocenters. The molecule has 18 heavy (non-hydrogen) atoms. The fraction of sp³-hybridized carbons (Fsp3) is 0.500. The second kappa shape index (κ2) is 5.50. The van der Waals surface area contributed by atoms with Crippen molar-refractivity contribution in [2.75, 3.05) is 6.61 Å². The maximum absolute atomic E-state index is 9.65. The highest BCUT2D eigenvalue weighted by Crippen LogP contribution is 2.23. The lowest BCUT2D eigenvalue weighted by Crippen LogP contribution is -2.34. The number of aryl methyl sites for hydroxylation is 1. The van der Waals surface area contributed by atoms with Gasteiger partial charge in [0.25, 0.3) is 0 Å². The molecule has 0 bridgehead atoms. The summed E-state index contributed by atoms with van der Waals surface area (Å²) in [6.07, 6.45) is 1.67. The van der Waals surface area contributed by atoms with E-state index in [9.17, 15) is 5.11 Å². The van der Waals surface area contributed by atoms with E-state index in [1.54, 1.807) is 0 Å². The van der Waals surface area contributed by atoms with Gasteiger partial charge in [-0.1, -0.05) is 26.0 Å². The summed E-state index contributed by atoms with van der Waals surface area (Å²) >= 11 is 0. The van der Waals surface area contributed by atoms with Crippen molar-refractivity contribution in [1.29, 1.82) is 0 Å². The van der Waals surface area contributed by atoms with Crippen LogP contribution in [-0.2, 0) is 6.42 Å². The smallest absolute Gasteiger partial charge is 0.109 e. The minimum atomic E-state index is -0.0997. The summed E-state index contributed by atoms with van der Waals surface area (Å²) < 4.78 is 2.10. The number of nitrogens with zero attached hydrogens (tertiary/aromatic N) is 2. The zero-order chi connectivity index (χ0) is 13.1. The number of aromatic nitrogens is 2. The summed E-state index contributed by atoms with van der Waals surface area (Å²) in [6.45, 7) is 4.16. The Bertz CT molecular complexity index is 521. The quantitative estimate of drug-likeness (QED) is 0.847. The maximum atomic E-state index is 9.65. The maximum Gasteiger partial charge on any atom is 0.109 e. The molecule has 2 unspecified atom stereocenters. The van der Waals surface area contributed by atoms with E-state index < -0.39 is 0 Å². The Labute approximate surface area is 107 Å². The Morgan fingerprint density at radius 2 is 2.06 bits per heavy atom. The van der Waals surface area contributed by atoms with Crippen LogP contribution in [-0.4, -0.2) is 27.3 Å². The van der Waals surface area contributed by atoms with Crippen molar-refractivity contribution in [3.8, 4) is 0 Å². The van der Waals surface area contributed by atoms with E-state index in [2.05, 4.69) is 16.5 Å². The molecule has 3 N–H and O–H groups in total. The van der Waals surface area contributed by atoms with Gasteiger partial charge in [0.2, 0.25) is 0 Å². The van der Waals surface area contributed by atoms with E-state index in [1.165, 1.54) is 0 Å². The summed E-state index contributed by atoms with van der Waals surface area (Å²) in [5, 5.41) is 9.65. The van der Waals surface area contributed by atoms with Crippen molar-refractivity contribution in [3.05, 3.63) is 30.1 Å². The predicted molar refractivity (Wildman–Crippen MR) is 73.5 cm³/mol. The Hall–Kier alpha value is -1.39. The van der Waals surface area contributed by atoms with Gasteiger partial charge >= 0.3 is 0 Å². The fourth-order valence-corrected chi connectivity index (χ4v) is 2.39. The third-order valence-electron chi connectivity index (χ3n) is 3.47. The first kappa shape index (κ1) is 13.1.